The monoisotopic (exact) mass is 293 g/mol. The summed E-state index contributed by atoms with van der Waals surface area (Å²) in [7, 11) is 0. The highest BCUT2D eigenvalue weighted by Gasteiger charge is 2.06. The van der Waals surface area contributed by atoms with Gasteiger partial charge in [-0.25, -0.2) is 4.79 Å². The van der Waals surface area contributed by atoms with Gasteiger partial charge >= 0.3 is 6.03 Å². The summed E-state index contributed by atoms with van der Waals surface area (Å²) in [6.45, 7) is 0.291. The predicted octanol–water partition coefficient (Wildman–Crippen LogP) is 2.79. The number of nitrogens with zero attached hydrogens (tertiary/aromatic N) is 1. The first-order valence-electron chi connectivity index (χ1n) is 6.93. The normalized spacial score (nSPS) is 10.4. The third kappa shape index (κ3) is 3.15. The first-order chi connectivity index (χ1) is 10.7. The van der Waals surface area contributed by atoms with E-state index in [1.807, 2.05) is 42.5 Å². The van der Waals surface area contributed by atoms with Crippen molar-refractivity contribution in [1.29, 1.82) is 0 Å². The minimum atomic E-state index is -0.308. The molecular formula is C17H15N3O2. The molecule has 2 amide bonds. The lowest BCUT2D eigenvalue weighted by Crippen LogP contribution is -2.30. The lowest BCUT2D eigenvalue weighted by Gasteiger charge is -2.10. The van der Waals surface area contributed by atoms with E-state index in [-0.39, 0.29) is 6.03 Å². The summed E-state index contributed by atoms with van der Waals surface area (Å²) in [5, 5.41) is 18.8. The molecule has 0 saturated carbocycles. The van der Waals surface area contributed by atoms with Crippen LogP contribution >= 0.6 is 0 Å². The Labute approximate surface area is 127 Å². The maximum absolute atomic E-state index is 12.0. The van der Waals surface area contributed by atoms with Gasteiger partial charge in [0, 0.05) is 17.0 Å². The Morgan fingerprint density at radius 2 is 1.86 bits per heavy atom. The van der Waals surface area contributed by atoms with Crippen LogP contribution in [-0.2, 0) is 6.54 Å². The fraction of sp³-hybridized carbons (Fsp3) is 0.0588. The summed E-state index contributed by atoms with van der Waals surface area (Å²) in [5.74, 6) is 0. The molecule has 0 radical (unpaired) electrons. The molecule has 1 heterocycles. The number of carbonyl (C=O) groups is 1. The number of fused-ring (bicyclic) bond motifs is 1. The molecule has 0 spiro atoms. The number of hydrogen-bond acceptors (Lipinski definition) is 2. The summed E-state index contributed by atoms with van der Waals surface area (Å²) >= 11 is 0. The Kier molecular flexibility index (Phi) is 3.87. The molecule has 5 heteroatoms. The van der Waals surface area contributed by atoms with E-state index in [1.165, 1.54) is 12.4 Å². The van der Waals surface area contributed by atoms with Gasteiger partial charge in [0.1, 0.15) is 0 Å². The first-order valence-corrected chi connectivity index (χ1v) is 6.93. The number of rotatable bonds is 3. The molecule has 0 aliphatic heterocycles. The number of hydrogen-bond donors (Lipinski definition) is 2. The van der Waals surface area contributed by atoms with Crippen LogP contribution in [0.3, 0.4) is 0 Å². The maximum Gasteiger partial charge on any atom is 0.319 e. The van der Waals surface area contributed by atoms with Crippen LogP contribution in [0.1, 0.15) is 5.56 Å². The van der Waals surface area contributed by atoms with Crippen molar-refractivity contribution in [3.05, 3.63) is 77.8 Å². The van der Waals surface area contributed by atoms with Crippen LogP contribution in [-0.4, -0.2) is 6.03 Å². The molecule has 0 fully saturated rings. The molecule has 0 aliphatic rings. The van der Waals surface area contributed by atoms with Gasteiger partial charge in [0.05, 0.1) is 12.2 Å². The second-order valence-corrected chi connectivity index (χ2v) is 4.91. The Morgan fingerprint density at radius 3 is 2.73 bits per heavy atom. The molecule has 110 valence electrons. The predicted molar refractivity (Wildman–Crippen MR) is 85.2 cm³/mol. The van der Waals surface area contributed by atoms with Crippen LogP contribution in [0, 0.1) is 5.21 Å². The number of urea groups is 1. The molecule has 1 aromatic heterocycles. The minimum Gasteiger partial charge on any atom is -0.619 e. The van der Waals surface area contributed by atoms with Crippen molar-refractivity contribution >= 4 is 22.5 Å². The van der Waals surface area contributed by atoms with E-state index in [2.05, 4.69) is 10.6 Å². The lowest BCUT2D eigenvalue weighted by atomic mass is 10.1. The summed E-state index contributed by atoms with van der Waals surface area (Å²) in [6.07, 6.45) is 2.83. The number of amides is 2. The number of pyridine rings is 1. The fourth-order valence-electron chi connectivity index (χ4n) is 2.29. The van der Waals surface area contributed by atoms with Gasteiger partial charge in [-0.1, -0.05) is 36.4 Å². The Balaban J connectivity index is 1.68. The van der Waals surface area contributed by atoms with Crippen molar-refractivity contribution in [2.24, 2.45) is 0 Å². The van der Waals surface area contributed by atoms with E-state index in [4.69, 9.17) is 0 Å². The summed E-state index contributed by atoms with van der Waals surface area (Å²) in [5.41, 5.74) is 1.49. The maximum atomic E-state index is 12.0. The second-order valence-electron chi connectivity index (χ2n) is 4.91. The molecule has 5 nitrogen and oxygen atoms in total. The highest BCUT2D eigenvalue weighted by atomic mass is 16.5. The Hall–Kier alpha value is -3.08. The van der Waals surface area contributed by atoms with Crippen LogP contribution in [0.25, 0.3) is 10.8 Å². The van der Waals surface area contributed by atoms with Gasteiger partial charge in [-0.3, -0.25) is 0 Å². The molecule has 0 atom stereocenters. The molecule has 3 rings (SSSR count). The van der Waals surface area contributed by atoms with Gasteiger partial charge in [-0.15, -0.1) is 0 Å². The number of carbonyl (C=O) groups excluding carboxylic acids is 1. The molecule has 0 unspecified atom stereocenters. The zero-order valence-electron chi connectivity index (χ0n) is 11.8. The van der Waals surface area contributed by atoms with Crippen molar-refractivity contribution in [3.63, 3.8) is 0 Å². The summed E-state index contributed by atoms with van der Waals surface area (Å²) in [6, 6.07) is 16.7. The fourth-order valence-corrected chi connectivity index (χ4v) is 2.29. The SMILES string of the molecule is O=C(NCc1ccc[n+]([O-])c1)Nc1cccc2ccccc12. The van der Waals surface area contributed by atoms with Crippen molar-refractivity contribution in [2.45, 2.75) is 6.54 Å². The van der Waals surface area contributed by atoms with E-state index in [1.54, 1.807) is 12.1 Å². The number of benzene rings is 2. The number of nitrogens with one attached hydrogen (secondary N) is 2. The number of anilines is 1. The lowest BCUT2D eigenvalue weighted by molar-refractivity contribution is -0.605. The van der Waals surface area contributed by atoms with Crippen LogP contribution in [0.15, 0.2) is 67.0 Å². The molecule has 0 saturated heterocycles. The van der Waals surface area contributed by atoms with E-state index in [0.717, 1.165) is 22.0 Å². The third-order valence-corrected chi connectivity index (χ3v) is 3.33. The Morgan fingerprint density at radius 1 is 1.05 bits per heavy atom. The Bertz CT molecular complexity index is 812. The van der Waals surface area contributed by atoms with Crippen LogP contribution < -0.4 is 15.4 Å². The topological polar surface area (TPSA) is 68.1 Å². The smallest absolute Gasteiger partial charge is 0.319 e. The summed E-state index contributed by atoms with van der Waals surface area (Å²) in [4.78, 5) is 12.0. The van der Waals surface area contributed by atoms with E-state index >= 15 is 0 Å². The minimum absolute atomic E-state index is 0.291. The molecule has 22 heavy (non-hydrogen) atoms. The number of aromatic nitrogens is 1. The molecule has 2 N–H and O–H groups in total. The van der Waals surface area contributed by atoms with E-state index in [9.17, 15) is 10.0 Å². The highest BCUT2D eigenvalue weighted by molar-refractivity contribution is 6.01. The van der Waals surface area contributed by atoms with Crippen molar-refractivity contribution < 1.29 is 9.52 Å². The van der Waals surface area contributed by atoms with Crippen LogP contribution in [0.5, 0.6) is 0 Å². The largest absolute Gasteiger partial charge is 0.619 e. The molecule has 2 aromatic carbocycles. The van der Waals surface area contributed by atoms with Crippen LogP contribution in [0.4, 0.5) is 10.5 Å². The van der Waals surface area contributed by atoms with Gasteiger partial charge in [0.15, 0.2) is 12.4 Å². The standard InChI is InChI=1S/C17H15N3O2/c21-17(18-11-13-5-4-10-20(22)12-13)19-16-9-3-7-14-6-1-2-8-15(14)16/h1-10,12H,11H2,(H2,18,19,21). The molecule has 3 aromatic rings. The summed E-state index contributed by atoms with van der Waals surface area (Å²) < 4.78 is 0.708. The van der Waals surface area contributed by atoms with E-state index in [0.29, 0.717) is 11.3 Å². The quantitative estimate of drug-likeness (QED) is 0.576. The van der Waals surface area contributed by atoms with Gasteiger partial charge in [0.2, 0.25) is 0 Å². The van der Waals surface area contributed by atoms with Gasteiger partial charge in [0.25, 0.3) is 0 Å². The van der Waals surface area contributed by atoms with Crippen molar-refractivity contribution in [1.82, 2.24) is 5.32 Å². The molecule has 0 aliphatic carbocycles. The van der Waals surface area contributed by atoms with Crippen LogP contribution in [0.2, 0.25) is 0 Å². The average molecular weight is 293 g/mol. The first kappa shape index (κ1) is 13.9. The zero-order valence-corrected chi connectivity index (χ0v) is 11.8. The average Bonchev–Trinajstić information content (AvgIpc) is 2.53. The van der Waals surface area contributed by atoms with Crippen molar-refractivity contribution in [2.75, 3.05) is 5.32 Å². The molecule has 0 bridgehead atoms. The highest BCUT2D eigenvalue weighted by Crippen LogP contribution is 2.22. The third-order valence-electron chi connectivity index (χ3n) is 3.33. The van der Waals surface area contributed by atoms with Crippen molar-refractivity contribution in [3.8, 4) is 0 Å². The van der Waals surface area contributed by atoms with Gasteiger partial charge in [-0.2, -0.15) is 4.73 Å². The zero-order chi connectivity index (χ0) is 15.4. The molecular weight excluding hydrogens is 278 g/mol. The van der Waals surface area contributed by atoms with Gasteiger partial charge < -0.3 is 15.8 Å². The van der Waals surface area contributed by atoms with Gasteiger partial charge in [-0.05, 0) is 17.5 Å². The second kappa shape index (κ2) is 6.13. The van der Waals surface area contributed by atoms with E-state index < -0.39 is 0 Å².